The highest BCUT2D eigenvalue weighted by molar-refractivity contribution is 7.99. The van der Waals surface area contributed by atoms with Gasteiger partial charge in [-0.25, -0.2) is 0 Å². The van der Waals surface area contributed by atoms with Crippen molar-refractivity contribution in [1.82, 2.24) is 0 Å². The summed E-state index contributed by atoms with van der Waals surface area (Å²) in [6, 6.07) is 0. The number of hydrogen-bond donors (Lipinski definition) is 0. The zero-order chi connectivity index (χ0) is 10.6. The fourth-order valence-corrected chi connectivity index (χ4v) is 2.00. The highest BCUT2D eigenvalue weighted by Crippen LogP contribution is 2.26. The minimum absolute atomic E-state index is 0.289. The van der Waals surface area contributed by atoms with Gasteiger partial charge in [0.1, 0.15) is 6.61 Å². The minimum atomic E-state index is 0.289. The van der Waals surface area contributed by atoms with Crippen LogP contribution >= 0.6 is 11.8 Å². The first-order valence-electron chi connectivity index (χ1n) is 5.27. The van der Waals surface area contributed by atoms with Crippen molar-refractivity contribution >= 4 is 17.5 Å². The van der Waals surface area contributed by atoms with E-state index in [0.717, 1.165) is 13.0 Å². The van der Waals surface area contributed by atoms with Crippen molar-refractivity contribution in [3.63, 3.8) is 0 Å². The minimum Gasteiger partial charge on any atom is -0.395 e. The van der Waals surface area contributed by atoms with E-state index in [0.29, 0.717) is 5.25 Å². The van der Waals surface area contributed by atoms with Crippen LogP contribution in [0, 0.1) is 5.41 Å². The van der Waals surface area contributed by atoms with E-state index in [2.05, 4.69) is 32.2 Å². The summed E-state index contributed by atoms with van der Waals surface area (Å²) >= 11 is 1.84. The standard InChI is InChI=1S/C11H21NOS/c1-9(14-4)10-6-5-7-11(2,3)8-13-12-10/h9H,5-8H2,1-4H3. The smallest absolute Gasteiger partial charge is 0.122 e. The quantitative estimate of drug-likeness (QED) is 0.705. The Bertz CT molecular complexity index is 213. The zero-order valence-electron chi connectivity index (χ0n) is 9.67. The summed E-state index contributed by atoms with van der Waals surface area (Å²) < 4.78 is 0. The van der Waals surface area contributed by atoms with E-state index in [1.165, 1.54) is 18.6 Å². The predicted octanol–water partition coefficient (Wildman–Crippen LogP) is 3.32. The molecule has 0 spiro atoms. The van der Waals surface area contributed by atoms with E-state index >= 15 is 0 Å². The molecule has 0 amide bonds. The summed E-state index contributed by atoms with van der Waals surface area (Å²) in [5.41, 5.74) is 1.51. The van der Waals surface area contributed by atoms with Gasteiger partial charge >= 0.3 is 0 Å². The molecule has 0 aromatic rings. The SMILES string of the molecule is CSC(C)C1=NOCC(C)(C)CCC1. The number of rotatable bonds is 2. The topological polar surface area (TPSA) is 21.6 Å². The van der Waals surface area contributed by atoms with Gasteiger partial charge in [0.2, 0.25) is 0 Å². The van der Waals surface area contributed by atoms with Gasteiger partial charge in [-0.15, -0.1) is 0 Å². The van der Waals surface area contributed by atoms with Crippen LogP contribution in [-0.4, -0.2) is 23.8 Å². The Morgan fingerprint density at radius 1 is 1.50 bits per heavy atom. The molecule has 14 heavy (non-hydrogen) atoms. The molecule has 1 atom stereocenters. The van der Waals surface area contributed by atoms with E-state index < -0.39 is 0 Å². The maximum atomic E-state index is 5.40. The first kappa shape index (κ1) is 11.9. The van der Waals surface area contributed by atoms with Crippen LogP contribution < -0.4 is 0 Å². The third kappa shape index (κ3) is 3.52. The van der Waals surface area contributed by atoms with Gasteiger partial charge in [-0.1, -0.05) is 19.0 Å². The maximum absolute atomic E-state index is 5.40. The summed E-state index contributed by atoms with van der Waals surface area (Å²) in [4.78, 5) is 5.40. The monoisotopic (exact) mass is 215 g/mol. The van der Waals surface area contributed by atoms with Crippen molar-refractivity contribution in [1.29, 1.82) is 0 Å². The summed E-state index contributed by atoms with van der Waals surface area (Å²) in [6.07, 6.45) is 5.68. The van der Waals surface area contributed by atoms with Gasteiger partial charge in [0.05, 0.1) is 5.71 Å². The summed E-state index contributed by atoms with van der Waals surface area (Å²) in [5.74, 6) is 0. The number of oxime groups is 1. The Morgan fingerprint density at radius 2 is 2.21 bits per heavy atom. The largest absolute Gasteiger partial charge is 0.395 e. The third-order valence-corrected chi connectivity index (χ3v) is 3.73. The lowest BCUT2D eigenvalue weighted by atomic mass is 9.87. The normalized spacial score (nSPS) is 24.1. The molecule has 0 fully saturated rings. The molecule has 2 nitrogen and oxygen atoms in total. The molecule has 1 unspecified atom stereocenters. The fraction of sp³-hybridized carbons (Fsp3) is 0.909. The molecule has 0 aromatic carbocycles. The van der Waals surface area contributed by atoms with Crippen LogP contribution in [0.3, 0.4) is 0 Å². The molecular formula is C11H21NOS. The van der Waals surface area contributed by atoms with Crippen molar-refractivity contribution in [3.05, 3.63) is 0 Å². The van der Waals surface area contributed by atoms with Crippen molar-refractivity contribution in [2.45, 2.75) is 45.3 Å². The lowest BCUT2D eigenvalue weighted by Crippen LogP contribution is -2.23. The van der Waals surface area contributed by atoms with Crippen LogP contribution in [0.5, 0.6) is 0 Å². The number of thioether (sulfide) groups is 1. The van der Waals surface area contributed by atoms with Gasteiger partial charge in [-0.2, -0.15) is 11.8 Å². The Labute approximate surface area is 91.5 Å². The van der Waals surface area contributed by atoms with Crippen LogP contribution in [0.1, 0.15) is 40.0 Å². The summed E-state index contributed by atoms with van der Waals surface area (Å²) in [7, 11) is 0. The molecule has 1 aliphatic rings. The summed E-state index contributed by atoms with van der Waals surface area (Å²) in [6.45, 7) is 7.42. The molecule has 0 bridgehead atoms. The molecule has 0 radical (unpaired) electrons. The van der Waals surface area contributed by atoms with Crippen LogP contribution in [0.2, 0.25) is 0 Å². The van der Waals surface area contributed by atoms with Crippen LogP contribution in [0.15, 0.2) is 5.16 Å². The molecule has 0 aromatic heterocycles. The van der Waals surface area contributed by atoms with Crippen molar-refractivity contribution in [2.75, 3.05) is 12.9 Å². The van der Waals surface area contributed by atoms with E-state index in [1.807, 2.05) is 11.8 Å². The highest BCUT2D eigenvalue weighted by Gasteiger charge is 2.22. The van der Waals surface area contributed by atoms with Crippen molar-refractivity contribution in [3.8, 4) is 0 Å². The molecule has 1 aliphatic heterocycles. The van der Waals surface area contributed by atoms with Crippen LogP contribution in [0.25, 0.3) is 0 Å². The Balaban J connectivity index is 2.56. The molecule has 1 heterocycles. The van der Waals surface area contributed by atoms with Gasteiger partial charge in [0.15, 0.2) is 0 Å². The molecular weight excluding hydrogens is 194 g/mol. The number of hydrogen-bond acceptors (Lipinski definition) is 3. The zero-order valence-corrected chi connectivity index (χ0v) is 10.5. The fourth-order valence-electron chi connectivity index (χ4n) is 1.57. The van der Waals surface area contributed by atoms with Crippen molar-refractivity contribution < 1.29 is 4.84 Å². The average molecular weight is 215 g/mol. The molecule has 82 valence electrons. The predicted molar refractivity (Wildman–Crippen MR) is 64.0 cm³/mol. The van der Waals surface area contributed by atoms with E-state index in [4.69, 9.17) is 4.84 Å². The van der Waals surface area contributed by atoms with Gasteiger partial charge in [0.25, 0.3) is 0 Å². The summed E-state index contributed by atoms with van der Waals surface area (Å²) in [5, 5.41) is 4.74. The Morgan fingerprint density at radius 3 is 2.86 bits per heavy atom. The lowest BCUT2D eigenvalue weighted by molar-refractivity contribution is 0.0570. The molecule has 0 N–H and O–H groups in total. The lowest BCUT2D eigenvalue weighted by Gasteiger charge is -2.26. The average Bonchev–Trinajstić information content (AvgIpc) is 2.11. The van der Waals surface area contributed by atoms with E-state index in [1.54, 1.807) is 0 Å². The highest BCUT2D eigenvalue weighted by atomic mass is 32.2. The van der Waals surface area contributed by atoms with E-state index in [-0.39, 0.29) is 5.41 Å². The van der Waals surface area contributed by atoms with Crippen LogP contribution in [0.4, 0.5) is 0 Å². The number of nitrogens with zero attached hydrogens (tertiary/aromatic N) is 1. The van der Waals surface area contributed by atoms with Gasteiger partial charge < -0.3 is 4.84 Å². The van der Waals surface area contributed by atoms with Gasteiger partial charge in [0, 0.05) is 10.7 Å². The first-order chi connectivity index (χ1) is 6.55. The van der Waals surface area contributed by atoms with Crippen LogP contribution in [-0.2, 0) is 4.84 Å². The molecule has 0 saturated heterocycles. The molecule has 0 aliphatic carbocycles. The third-order valence-electron chi connectivity index (χ3n) is 2.75. The van der Waals surface area contributed by atoms with Gasteiger partial charge in [-0.05, 0) is 32.4 Å². The Kier molecular flexibility index (Phi) is 4.30. The second kappa shape index (κ2) is 5.06. The first-order valence-corrected chi connectivity index (χ1v) is 6.55. The second-order valence-corrected chi connectivity index (χ2v) is 5.93. The van der Waals surface area contributed by atoms with Gasteiger partial charge in [-0.3, -0.25) is 0 Å². The van der Waals surface area contributed by atoms with E-state index in [9.17, 15) is 0 Å². The van der Waals surface area contributed by atoms with Crippen molar-refractivity contribution in [2.24, 2.45) is 10.6 Å². The maximum Gasteiger partial charge on any atom is 0.122 e. The Hall–Kier alpha value is -0.180. The molecule has 1 rings (SSSR count). The second-order valence-electron chi connectivity index (χ2n) is 4.75. The molecule has 0 saturated carbocycles. The molecule has 3 heteroatoms.